The first-order valence-corrected chi connectivity index (χ1v) is 9.52. The molecule has 2 fully saturated rings. The Balaban J connectivity index is 1.60. The van der Waals surface area contributed by atoms with E-state index in [-0.39, 0.29) is 17.4 Å². The van der Waals surface area contributed by atoms with Crippen molar-refractivity contribution in [2.45, 2.75) is 40.2 Å². The lowest BCUT2D eigenvalue weighted by Crippen LogP contribution is -2.32. The summed E-state index contributed by atoms with van der Waals surface area (Å²) < 4.78 is 10.7. The molecular weight excluding hydrogens is 328 g/mol. The summed E-state index contributed by atoms with van der Waals surface area (Å²) in [6, 6.07) is 8.21. The van der Waals surface area contributed by atoms with Crippen molar-refractivity contribution in [3.05, 3.63) is 41.0 Å². The molecule has 1 aromatic rings. The Labute approximate surface area is 156 Å². The van der Waals surface area contributed by atoms with Crippen LogP contribution in [0.15, 0.2) is 29.8 Å². The maximum atomic E-state index is 12.9. The van der Waals surface area contributed by atoms with E-state index in [0.717, 1.165) is 29.5 Å². The molecule has 4 heteroatoms. The van der Waals surface area contributed by atoms with Crippen LogP contribution in [0.5, 0.6) is 0 Å². The quantitative estimate of drug-likeness (QED) is 0.570. The van der Waals surface area contributed by atoms with E-state index in [1.807, 2.05) is 12.1 Å². The van der Waals surface area contributed by atoms with Gasteiger partial charge in [-0.2, -0.15) is 0 Å². The van der Waals surface area contributed by atoms with Gasteiger partial charge in [0.1, 0.15) is 0 Å². The van der Waals surface area contributed by atoms with Crippen LogP contribution in [-0.2, 0) is 20.9 Å². The highest BCUT2D eigenvalue weighted by Crippen LogP contribution is 2.65. The van der Waals surface area contributed by atoms with Crippen molar-refractivity contribution in [1.82, 2.24) is 0 Å². The van der Waals surface area contributed by atoms with Crippen LogP contribution >= 0.6 is 0 Å². The van der Waals surface area contributed by atoms with Crippen LogP contribution in [0.3, 0.4) is 0 Å². The number of hydrogen-bond acceptors (Lipinski definition) is 4. The predicted octanol–water partition coefficient (Wildman–Crippen LogP) is 3.62. The number of ether oxygens (including phenoxy) is 2. The van der Waals surface area contributed by atoms with Gasteiger partial charge in [0.25, 0.3) is 0 Å². The number of fused-ring (bicyclic) bond motifs is 2. The van der Waals surface area contributed by atoms with Gasteiger partial charge in [-0.15, -0.1) is 0 Å². The highest BCUT2D eigenvalue weighted by molar-refractivity contribution is 6.07. The second kappa shape index (κ2) is 7.63. The van der Waals surface area contributed by atoms with E-state index < -0.39 is 0 Å². The maximum absolute atomic E-state index is 12.9. The smallest absolute Gasteiger partial charge is 0.165 e. The molecule has 0 aliphatic heterocycles. The second-order valence-corrected chi connectivity index (χ2v) is 8.20. The van der Waals surface area contributed by atoms with Crippen molar-refractivity contribution < 1.29 is 19.4 Å². The molecule has 2 saturated carbocycles. The van der Waals surface area contributed by atoms with E-state index >= 15 is 0 Å². The van der Waals surface area contributed by atoms with E-state index in [4.69, 9.17) is 14.6 Å². The molecule has 0 heterocycles. The van der Waals surface area contributed by atoms with E-state index in [2.05, 4.69) is 39.0 Å². The number of aliphatic hydroxyl groups is 1. The maximum Gasteiger partial charge on any atom is 0.165 e. The number of allylic oxidation sites excluding steroid dienone is 1. The molecule has 1 N–H and O–H groups in total. The molecule has 3 rings (SSSR count). The van der Waals surface area contributed by atoms with Gasteiger partial charge in [0.05, 0.1) is 33.0 Å². The van der Waals surface area contributed by atoms with E-state index in [0.29, 0.717) is 38.1 Å². The average Bonchev–Trinajstić information content (AvgIpc) is 2.93. The van der Waals surface area contributed by atoms with Crippen molar-refractivity contribution in [1.29, 1.82) is 0 Å². The minimum atomic E-state index is -0.199. The van der Waals surface area contributed by atoms with Crippen LogP contribution in [0.1, 0.15) is 44.7 Å². The van der Waals surface area contributed by atoms with Gasteiger partial charge in [0, 0.05) is 5.41 Å². The molecule has 4 nitrogen and oxygen atoms in total. The fourth-order valence-electron chi connectivity index (χ4n) is 4.46. The Morgan fingerprint density at radius 3 is 2.42 bits per heavy atom. The number of carbonyl (C=O) groups excluding carboxylic acids is 1. The molecule has 0 amide bonds. The number of aliphatic hydroxyl groups excluding tert-OH is 1. The summed E-state index contributed by atoms with van der Waals surface area (Å²) in [6.07, 6.45) is 4.22. The molecule has 142 valence electrons. The molecule has 0 saturated heterocycles. The zero-order valence-corrected chi connectivity index (χ0v) is 16.1. The molecule has 0 spiro atoms. The molecule has 0 aromatic heterocycles. The van der Waals surface area contributed by atoms with E-state index in [1.54, 1.807) is 0 Å². The summed E-state index contributed by atoms with van der Waals surface area (Å²) in [4.78, 5) is 12.9. The molecule has 2 aliphatic rings. The van der Waals surface area contributed by atoms with Crippen LogP contribution in [0.4, 0.5) is 0 Å². The Morgan fingerprint density at radius 1 is 1.12 bits per heavy atom. The third-order valence-electron chi connectivity index (χ3n) is 6.54. The summed E-state index contributed by atoms with van der Waals surface area (Å²) in [7, 11) is 0. The number of rotatable bonds is 8. The molecular formula is C22H30O4. The molecule has 2 unspecified atom stereocenters. The number of ketones is 1. The number of Topliss-reactive ketones (excluding diaryl/α,β-unsaturated/α-hetero) is 1. The first-order valence-electron chi connectivity index (χ1n) is 9.52. The lowest BCUT2D eigenvalue weighted by molar-refractivity contribution is -0.125. The number of hydrogen-bond donors (Lipinski definition) is 1. The fourth-order valence-corrected chi connectivity index (χ4v) is 4.46. The Morgan fingerprint density at radius 2 is 1.81 bits per heavy atom. The standard InChI is InChI=1S/C22H30O4/c1-21(2)19-8-9-22(21,3)20(24)18(19)14-16-4-6-17(7-5-16)15-26-13-12-25-11-10-23/h4-7,14,19,23H,8-13,15H2,1-3H3. The van der Waals surface area contributed by atoms with Crippen LogP contribution in [-0.4, -0.2) is 37.3 Å². The zero-order valence-electron chi connectivity index (χ0n) is 16.1. The molecule has 1 aromatic carbocycles. The lowest BCUT2D eigenvalue weighted by Gasteiger charge is -2.31. The topological polar surface area (TPSA) is 55.8 Å². The normalized spacial score (nSPS) is 28.2. The Hall–Kier alpha value is -1.49. The minimum Gasteiger partial charge on any atom is -0.394 e. The third kappa shape index (κ3) is 3.38. The van der Waals surface area contributed by atoms with Gasteiger partial charge in [0.15, 0.2) is 5.78 Å². The molecule has 0 radical (unpaired) electrons. The van der Waals surface area contributed by atoms with E-state index in [9.17, 15) is 4.79 Å². The largest absolute Gasteiger partial charge is 0.394 e. The Kier molecular flexibility index (Phi) is 5.66. The van der Waals surface area contributed by atoms with Crippen LogP contribution in [0.25, 0.3) is 6.08 Å². The highest BCUT2D eigenvalue weighted by atomic mass is 16.5. The average molecular weight is 358 g/mol. The zero-order chi connectivity index (χ0) is 18.8. The monoisotopic (exact) mass is 358 g/mol. The summed E-state index contributed by atoms with van der Waals surface area (Å²) in [5.74, 6) is 0.718. The van der Waals surface area contributed by atoms with Crippen molar-refractivity contribution in [2.75, 3.05) is 26.4 Å². The minimum absolute atomic E-state index is 0.0384. The highest BCUT2D eigenvalue weighted by Gasteiger charge is 2.63. The van der Waals surface area contributed by atoms with E-state index in [1.165, 1.54) is 0 Å². The van der Waals surface area contributed by atoms with Crippen LogP contribution < -0.4 is 0 Å². The fraction of sp³-hybridized carbons (Fsp3) is 0.591. The third-order valence-corrected chi connectivity index (χ3v) is 6.54. The van der Waals surface area contributed by atoms with Gasteiger partial charge >= 0.3 is 0 Å². The molecule has 2 bridgehead atoms. The van der Waals surface area contributed by atoms with Gasteiger partial charge in [0.2, 0.25) is 0 Å². The molecule has 2 aliphatic carbocycles. The predicted molar refractivity (Wildman–Crippen MR) is 102 cm³/mol. The summed E-state index contributed by atoms with van der Waals surface area (Å²) in [5, 5.41) is 8.63. The van der Waals surface area contributed by atoms with Gasteiger partial charge in [-0.25, -0.2) is 0 Å². The SMILES string of the molecule is CC12CCC(C(=Cc3ccc(COCCOCCO)cc3)C1=O)C2(C)C. The van der Waals surface area contributed by atoms with Crippen molar-refractivity contribution in [3.8, 4) is 0 Å². The van der Waals surface area contributed by atoms with Gasteiger partial charge in [-0.3, -0.25) is 4.79 Å². The Bertz CT molecular complexity index is 674. The first kappa shape index (κ1) is 19.3. The number of benzene rings is 1. The van der Waals surface area contributed by atoms with Crippen molar-refractivity contribution in [3.63, 3.8) is 0 Å². The number of carbonyl (C=O) groups is 1. The summed E-state index contributed by atoms with van der Waals surface area (Å²) >= 11 is 0. The summed E-state index contributed by atoms with van der Waals surface area (Å²) in [5.41, 5.74) is 3.04. The lowest BCUT2D eigenvalue weighted by atomic mass is 9.70. The van der Waals surface area contributed by atoms with Crippen molar-refractivity contribution >= 4 is 11.9 Å². The van der Waals surface area contributed by atoms with Gasteiger partial charge < -0.3 is 14.6 Å². The van der Waals surface area contributed by atoms with Crippen LogP contribution in [0, 0.1) is 16.7 Å². The second-order valence-electron chi connectivity index (χ2n) is 8.20. The first-order chi connectivity index (χ1) is 12.4. The molecule has 26 heavy (non-hydrogen) atoms. The van der Waals surface area contributed by atoms with Gasteiger partial charge in [-0.05, 0) is 47.0 Å². The van der Waals surface area contributed by atoms with Crippen LogP contribution in [0.2, 0.25) is 0 Å². The molecule has 2 atom stereocenters. The van der Waals surface area contributed by atoms with Gasteiger partial charge in [-0.1, -0.05) is 45.0 Å². The van der Waals surface area contributed by atoms with Crippen molar-refractivity contribution in [2.24, 2.45) is 16.7 Å². The summed E-state index contributed by atoms with van der Waals surface area (Å²) in [6.45, 7) is 8.55.